The van der Waals surface area contributed by atoms with Gasteiger partial charge < -0.3 is 14.2 Å². The van der Waals surface area contributed by atoms with Crippen molar-refractivity contribution in [2.45, 2.75) is 13.8 Å². The van der Waals surface area contributed by atoms with Gasteiger partial charge in [0.2, 0.25) is 4.80 Å². The second kappa shape index (κ2) is 10.1. The van der Waals surface area contributed by atoms with Gasteiger partial charge in [-0.1, -0.05) is 12.2 Å². The van der Waals surface area contributed by atoms with Crippen molar-refractivity contribution in [2.75, 3.05) is 27.9 Å². The highest BCUT2D eigenvalue weighted by Crippen LogP contribution is 2.33. The number of nitrogens with zero attached hydrogens (tertiary/aromatic N) is 3. The Kier molecular flexibility index (Phi) is 7.31. The van der Waals surface area contributed by atoms with Crippen molar-refractivity contribution in [1.82, 2.24) is 4.68 Å². The van der Waals surface area contributed by atoms with E-state index in [1.54, 1.807) is 21.3 Å². The Hall–Kier alpha value is -3.32. The third-order valence-corrected chi connectivity index (χ3v) is 5.47. The molecule has 0 saturated heterocycles. The number of thiazole rings is 1. The molecule has 0 saturated carbocycles. The summed E-state index contributed by atoms with van der Waals surface area (Å²) < 4.78 is 18.1. The number of methoxy groups -OCH3 is 3. The predicted octanol–water partition coefficient (Wildman–Crippen LogP) is 4.99. The fraction of sp³-hybridized carbons (Fsp3) is 0.250. The fourth-order valence-electron chi connectivity index (χ4n) is 2.94. The number of hydrogen-bond donors (Lipinski definition) is 0. The first-order valence-corrected chi connectivity index (χ1v) is 10.6. The number of ether oxygens (including phenoxy) is 3. The van der Waals surface area contributed by atoms with E-state index in [4.69, 9.17) is 24.3 Å². The third-order valence-electron chi connectivity index (χ3n) is 4.61. The Balaban J connectivity index is 2.16. The SMILES string of the molecule is C=C(C)CN=c1scc(-c2ccc(OC)cc2OC)n1/N=C(/C)c1ccc(OC)cc1. The standard InChI is InChI=1S/C24H27N3O3S/c1-16(2)14-25-24-27(26-17(3)18-7-9-19(28-4)10-8-18)22(15-31-24)21-12-11-20(29-5)13-23(21)30-6/h7-13,15H,1,14H2,2-6H3/b25-24?,26-17-. The van der Waals surface area contributed by atoms with Crippen molar-refractivity contribution >= 4 is 17.0 Å². The highest BCUT2D eigenvalue weighted by molar-refractivity contribution is 7.07. The lowest BCUT2D eigenvalue weighted by Gasteiger charge is -2.11. The topological polar surface area (TPSA) is 57.3 Å². The van der Waals surface area contributed by atoms with Crippen LogP contribution in [0.1, 0.15) is 19.4 Å². The van der Waals surface area contributed by atoms with Crippen LogP contribution in [0.3, 0.4) is 0 Å². The summed E-state index contributed by atoms with van der Waals surface area (Å²) in [5, 5.41) is 6.94. The van der Waals surface area contributed by atoms with Gasteiger partial charge in [0.1, 0.15) is 17.2 Å². The molecule has 31 heavy (non-hydrogen) atoms. The molecule has 1 aromatic heterocycles. The molecule has 0 aliphatic heterocycles. The maximum absolute atomic E-state index is 5.62. The van der Waals surface area contributed by atoms with Crippen molar-refractivity contribution in [1.29, 1.82) is 0 Å². The average Bonchev–Trinajstić information content (AvgIpc) is 3.19. The van der Waals surface area contributed by atoms with Crippen molar-refractivity contribution < 1.29 is 14.2 Å². The molecule has 1 heterocycles. The van der Waals surface area contributed by atoms with Gasteiger partial charge in [0.05, 0.1) is 39.3 Å². The number of hydrogen-bond acceptors (Lipinski definition) is 6. The molecule has 0 N–H and O–H groups in total. The Labute approximate surface area is 186 Å². The van der Waals surface area contributed by atoms with Crippen LogP contribution in [-0.4, -0.2) is 38.3 Å². The minimum Gasteiger partial charge on any atom is -0.497 e. The van der Waals surface area contributed by atoms with Crippen molar-refractivity contribution in [3.05, 3.63) is 70.4 Å². The van der Waals surface area contributed by atoms with Crippen LogP contribution < -0.4 is 19.0 Å². The van der Waals surface area contributed by atoms with E-state index in [2.05, 4.69) is 6.58 Å². The predicted molar refractivity (Wildman–Crippen MR) is 127 cm³/mol. The second-order valence-electron chi connectivity index (χ2n) is 6.97. The monoisotopic (exact) mass is 437 g/mol. The van der Waals surface area contributed by atoms with E-state index in [0.717, 1.165) is 44.4 Å². The van der Waals surface area contributed by atoms with E-state index >= 15 is 0 Å². The molecular formula is C24H27N3O3S. The average molecular weight is 438 g/mol. The lowest BCUT2D eigenvalue weighted by molar-refractivity contribution is 0.395. The molecule has 3 rings (SSSR count). The van der Waals surface area contributed by atoms with Crippen LogP contribution in [0.25, 0.3) is 11.3 Å². The van der Waals surface area contributed by atoms with Crippen LogP contribution in [-0.2, 0) is 0 Å². The molecule has 0 fully saturated rings. The van der Waals surface area contributed by atoms with Gasteiger partial charge in [0.15, 0.2) is 0 Å². The van der Waals surface area contributed by atoms with Crippen LogP contribution in [0.2, 0.25) is 0 Å². The largest absolute Gasteiger partial charge is 0.497 e. The summed E-state index contributed by atoms with van der Waals surface area (Å²) in [7, 11) is 4.94. The Morgan fingerprint density at radius 1 is 0.968 bits per heavy atom. The highest BCUT2D eigenvalue weighted by Gasteiger charge is 2.14. The van der Waals surface area contributed by atoms with Gasteiger partial charge in [-0.3, -0.25) is 4.99 Å². The van der Waals surface area contributed by atoms with E-state index in [-0.39, 0.29) is 0 Å². The molecule has 0 radical (unpaired) electrons. The highest BCUT2D eigenvalue weighted by atomic mass is 32.1. The van der Waals surface area contributed by atoms with E-state index in [0.29, 0.717) is 12.3 Å². The third kappa shape index (κ3) is 5.24. The minimum absolute atomic E-state index is 0.538. The molecule has 6 nitrogen and oxygen atoms in total. The molecule has 0 aliphatic rings. The van der Waals surface area contributed by atoms with Gasteiger partial charge in [-0.05, 0) is 55.8 Å². The Morgan fingerprint density at radius 3 is 2.26 bits per heavy atom. The molecular weight excluding hydrogens is 410 g/mol. The summed E-state index contributed by atoms with van der Waals surface area (Å²) in [6, 6.07) is 13.6. The minimum atomic E-state index is 0.538. The Morgan fingerprint density at radius 2 is 1.65 bits per heavy atom. The van der Waals surface area contributed by atoms with Crippen LogP contribution in [0.15, 0.2) is 70.1 Å². The van der Waals surface area contributed by atoms with Crippen molar-refractivity contribution in [3.8, 4) is 28.5 Å². The van der Waals surface area contributed by atoms with Crippen LogP contribution in [0.4, 0.5) is 0 Å². The zero-order chi connectivity index (χ0) is 22.4. The lowest BCUT2D eigenvalue weighted by Crippen LogP contribution is -2.15. The first kappa shape index (κ1) is 22.4. The zero-order valence-corrected chi connectivity index (χ0v) is 19.3. The molecule has 162 valence electrons. The van der Waals surface area contributed by atoms with E-state index < -0.39 is 0 Å². The second-order valence-corrected chi connectivity index (χ2v) is 7.81. The summed E-state index contributed by atoms with van der Waals surface area (Å²) >= 11 is 1.53. The first-order chi connectivity index (χ1) is 15.0. The first-order valence-electron chi connectivity index (χ1n) is 9.74. The maximum atomic E-state index is 5.62. The summed E-state index contributed by atoms with van der Waals surface area (Å²) in [5.41, 5.74) is 4.63. The van der Waals surface area contributed by atoms with Gasteiger partial charge in [0, 0.05) is 17.0 Å². The summed E-state index contributed by atoms with van der Waals surface area (Å²) in [5.74, 6) is 2.24. The van der Waals surface area contributed by atoms with Crippen molar-refractivity contribution in [3.63, 3.8) is 0 Å². The quantitative estimate of drug-likeness (QED) is 0.368. The van der Waals surface area contributed by atoms with Gasteiger partial charge in [0.25, 0.3) is 0 Å². The molecule has 3 aromatic rings. The maximum Gasteiger partial charge on any atom is 0.206 e. The molecule has 0 unspecified atom stereocenters. The Bertz CT molecular complexity index is 1160. The number of aromatic nitrogens is 1. The van der Waals surface area contributed by atoms with E-state index in [9.17, 15) is 0 Å². The van der Waals surface area contributed by atoms with Crippen molar-refractivity contribution in [2.24, 2.45) is 10.1 Å². The van der Waals surface area contributed by atoms with Crippen LogP contribution >= 0.6 is 11.3 Å². The van der Waals surface area contributed by atoms with Gasteiger partial charge in [-0.25, -0.2) is 4.68 Å². The fourth-order valence-corrected chi connectivity index (χ4v) is 3.76. The van der Waals surface area contributed by atoms with E-state index in [1.165, 1.54) is 11.3 Å². The number of benzene rings is 2. The molecule has 0 amide bonds. The smallest absolute Gasteiger partial charge is 0.206 e. The normalized spacial score (nSPS) is 12.0. The molecule has 0 atom stereocenters. The van der Waals surface area contributed by atoms with Gasteiger partial charge >= 0.3 is 0 Å². The zero-order valence-electron chi connectivity index (χ0n) is 18.5. The molecule has 2 aromatic carbocycles. The molecule has 0 spiro atoms. The van der Waals surface area contributed by atoms with E-state index in [1.807, 2.05) is 66.4 Å². The van der Waals surface area contributed by atoms with Gasteiger partial charge in [-0.15, -0.1) is 11.3 Å². The van der Waals surface area contributed by atoms with Crippen LogP contribution in [0, 0.1) is 0 Å². The summed E-state index contributed by atoms with van der Waals surface area (Å²) in [6.07, 6.45) is 0. The van der Waals surface area contributed by atoms with Gasteiger partial charge in [-0.2, -0.15) is 5.10 Å². The number of rotatable bonds is 8. The van der Waals surface area contributed by atoms with Crippen LogP contribution in [0.5, 0.6) is 17.2 Å². The summed E-state index contributed by atoms with van der Waals surface area (Å²) in [4.78, 5) is 5.49. The molecule has 0 bridgehead atoms. The summed E-state index contributed by atoms with van der Waals surface area (Å²) in [6.45, 7) is 8.43. The molecule has 0 aliphatic carbocycles. The lowest BCUT2D eigenvalue weighted by atomic mass is 10.1. The molecule has 7 heteroatoms.